The summed E-state index contributed by atoms with van der Waals surface area (Å²) < 4.78 is 40.6. The van der Waals surface area contributed by atoms with E-state index >= 15 is 0 Å². The number of fused-ring (bicyclic) bond motifs is 3. The molecule has 1 amide bonds. The summed E-state index contributed by atoms with van der Waals surface area (Å²) >= 11 is 1.14. The predicted octanol–water partition coefficient (Wildman–Crippen LogP) is 2.77. The van der Waals surface area contributed by atoms with E-state index in [1.165, 1.54) is 13.0 Å². The van der Waals surface area contributed by atoms with Crippen molar-refractivity contribution in [1.29, 1.82) is 0 Å². The van der Waals surface area contributed by atoms with Gasteiger partial charge >= 0.3 is 0 Å². The molecule has 0 spiro atoms. The molecule has 142 valence electrons. The molecule has 0 fully saturated rings. The number of rotatable bonds is 1. The van der Waals surface area contributed by atoms with Crippen LogP contribution in [0.2, 0.25) is 0 Å². The monoisotopic (exact) mass is 393 g/mol. The van der Waals surface area contributed by atoms with E-state index < -0.39 is 23.6 Å². The van der Waals surface area contributed by atoms with Gasteiger partial charge in [0.2, 0.25) is 0 Å². The Bertz CT molecular complexity index is 939. The molecule has 27 heavy (non-hydrogen) atoms. The van der Waals surface area contributed by atoms with Gasteiger partial charge in [0, 0.05) is 11.1 Å². The van der Waals surface area contributed by atoms with Crippen LogP contribution in [0.5, 0.6) is 5.06 Å². The Morgan fingerprint density at radius 2 is 1.96 bits per heavy atom. The van der Waals surface area contributed by atoms with Gasteiger partial charge in [-0.25, -0.2) is 19.6 Å². The molecule has 2 N–H and O–H groups in total. The van der Waals surface area contributed by atoms with Crippen LogP contribution in [-0.2, 0) is 16.1 Å². The van der Waals surface area contributed by atoms with Gasteiger partial charge in [-0.15, -0.1) is 0 Å². The van der Waals surface area contributed by atoms with Crippen LogP contribution in [0.15, 0.2) is 23.2 Å². The lowest BCUT2D eigenvalue weighted by molar-refractivity contribution is -0.119. The molecule has 2 aliphatic heterocycles. The summed E-state index contributed by atoms with van der Waals surface area (Å²) in [6.45, 7) is 3.92. The molecule has 0 saturated heterocycles. The van der Waals surface area contributed by atoms with Crippen LogP contribution in [0.1, 0.15) is 30.5 Å². The summed E-state index contributed by atoms with van der Waals surface area (Å²) in [6.07, 6.45) is -0.208. The zero-order valence-electron chi connectivity index (χ0n) is 14.7. The Morgan fingerprint density at radius 3 is 2.67 bits per heavy atom. The zero-order valence-corrected chi connectivity index (χ0v) is 15.5. The SMILES string of the molecule is C[C@@H]1N=C(c2c(F)cccc2F)c2c(sc3c2COC[C@H](C)O3)N(N)C1=O. The number of hydrazine groups is 1. The van der Waals surface area contributed by atoms with Gasteiger partial charge in [-0.05, 0) is 26.0 Å². The lowest BCUT2D eigenvalue weighted by Crippen LogP contribution is -2.41. The number of aliphatic imine (C=N–C) groups is 1. The standard InChI is InChI=1S/C18H17F2N3O3S/c1-8-6-25-7-10-13-15(14-11(19)4-3-5-12(14)20)22-9(2)16(24)23(21)17(13)27-18(10)26-8/h3-5,8-9H,6-7,21H2,1-2H3/t8-,9-/m0/s1. The van der Waals surface area contributed by atoms with Crippen molar-refractivity contribution in [3.8, 4) is 5.06 Å². The third-order valence-electron chi connectivity index (χ3n) is 4.43. The highest BCUT2D eigenvalue weighted by Crippen LogP contribution is 2.45. The van der Waals surface area contributed by atoms with Gasteiger partial charge in [0.1, 0.15) is 28.8 Å². The first-order valence-corrected chi connectivity index (χ1v) is 9.21. The Kier molecular flexibility index (Phi) is 4.45. The first-order chi connectivity index (χ1) is 12.9. The number of anilines is 1. The Balaban J connectivity index is 2.02. The van der Waals surface area contributed by atoms with Crippen molar-refractivity contribution in [3.63, 3.8) is 0 Å². The van der Waals surface area contributed by atoms with E-state index in [1.54, 1.807) is 0 Å². The van der Waals surface area contributed by atoms with E-state index in [1.807, 2.05) is 6.92 Å². The molecular formula is C18H17F2N3O3S. The highest BCUT2D eigenvalue weighted by molar-refractivity contribution is 7.18. The number of nitrogens with zero attached hydrogens (tertiary/aromatic N) is 2. The number of carbonyl (C=O) groups excluding carboxylic acids is 1. The normalized spacial score (nSPS) is 22.3. The van der Waals surface area contributed by atoms with Crippen LogP contribution >= 0.6 is 11.3 Å². The van der Waals surface area contributed by atoms with Crippen molar-refractivity contribution >= 4 is 28.0 Å². The van der Waals surface area contributed by atoms with E-state index in [4.69, 9.17) is 15.3 Å². The second-order valence-corrected chi connectivity index (χ2v) is 7.41. The van der Waals surface area contributed by atoms with Crippen molar-refractivity contribution < 1.29 is 23.0 Å². The van der Waals surface area contributed by atoms with Crippen LogP contribution in [0, 0.1) is 11.6 Å². The molecule has 2 aliphatic rings. The maximum Gasteiger partial charge on any atom is 0.266 e. The zero-order chi connectivity index (χ0) is 19.3. The van der Waals surface area contributed by atoms with E-state index in [2.05, 4.69) is 4.99 Å². The largest absolute Gasteiger partial charge is 0.478 e. The highest BCUT2D eigenvalue weighted by atomic mass is 32.1. The van der Waals surface area contributed by atoms with Gasteiger partial charge in [-0.3, -0.25) is 9.79 Å². The minimum absolute atomic E-state index is 0.0358. The molecule has 2 aromatic rings. The summed E-state index contributed by atoms with van der Waals surface area (Å²) in [7, 11) is 0. The lowest BCUT2D eigenvalue weighted by Gasteiger charge is -2.15. The van der Waals surface area contributed by atoms with Gasteiger partial charge < -0.3 is 9.47 Å². The maximum absolute atomic E-state index is 14.6. The van der Waals surface area contributed by atoms with Crippen molar-refractivity contribution in [2.75, 3.05) is 11.6 Å². The number of thiophene rings is 1. The number of hydrogen-bond donors (Lipinski definition) is 1. The quantitative estimate of drug-likeness (QED) is 0.597. The first kappa shape index (κ1) is 18.0. The van der Waals surface area contributed by atoms with E-state index in [0.29, 0.717) is 27.8 Å². The summed E-state index contributed by atoms with van der Waals surface area (Å²) in [6, 6.07) is 2.68. The molecule has 2 atom stereocenters. The molecule has 0 radical (unpaired) electrons. The fraction of sp³-hybridized carbons (Fsp3) is 0.333. The van der Waals surface area contributed by atoms with Gasteiger partial charge in [-0.2, -0.15) is 0 Å². The van der Waals surface area contributed by atoms with E-state index in [9.17, 15) is 13.6 Å². The number of nitrogens with two attached hydrogens (primary N) is 1. The second kappa shape index (κ2) is 6.66. The highest BCUT2D eigenvalue weighted by Gasteiger charge is 2.36. The summed E-state index contributed by atoms with van der Waals surface area (Å²) in [5.74, 6) is 4.00. The first-order valence-electron chi connectivity index (χ1n) is 8.39. The average molecular weight is 393 g/mol. The maximum atomic E-state index is 14.6. The molecular weight excluding hydrogens is 376 g/mol. The van der Waals surface area contributed by atoms with E-state index in [-0.39, 0.29) is 24.0 Å². The summed E-state index contributed by atoms with van der Waals surface area (Å²) in [4.78, 5) is 16.9. The number of hydrogen-bond acceptors (Lipinski definition) is 6. The molecule has 4 rings (SSSR count). The third kappa shape index (κ3) is 2.91. The van der Waals surface area contributed by atoms with Gasteiger partial charge in [0.15, 0.2) is 5.06 Å². The molecule has 9 heteroatoms. The average Bonchev–Trinajstić information content (AvgIpc) is 2.81. The van der Waals surface area contributed by atoms with Crippen LogP contribution in [-0.4, -0.2) is 30.4 Å². The smallest absolute Gasteiger partial charge is 0.266 e. The van der Waals surface area contributed by atoms with Gasteiger partial charge in [0.05, 0.1) is 24.5 Å². The minimum Gasteiger partial charge on any atom is -0.478 e. The van der Waals surface area contributed by atoms with Crippen molar-refractivity contribution in [1.82, 2.24) is 0 Å². The number of ether oxygens (including phenoxy) is 2. The number of benzene rings is 1. The predicted molar refractivity (Wildman–Crippen MR) is 97.2 cm³/mol. The molecule has 3 heterocycles. The second-order valence-electron chi connectivity index (χ2n) is 6.45. The lowest BCUT2D eigenvalue weighted by atomic mass is 9.99. The van der Waals surface area contributed by atoms with Gasteiger partial charge in [-0.1, -0.05) is 17.4 Å². The van der Waals surface area contributed by atoms with Crippen LogP contribution < -0.4 is 15.6 Å². The molecule has 6 nitrogen and oxygen atoms in total. The molecule has 0 aliphatic carbocycles. The van der Waals surface area contributed by atoms with Gasteiger partial charge in [0.25, 0.3) is 5.91 Å². The molecule has 0 unspecified atom stereocenters. The molecule has 1 aromatic heterocycles. The molecule has 0 bridgehead atoms. The van der Waals surface area contributed by atoms with Crippen LogP contribution in [0.4, 0.5) is 13.8 Å². The topological polar surface area (TPSA) is 77.2 Å². The number of carbonyl (C=O) groups is 1. The van der Waals surface area contributed by atoms with Crippen molar-refractivity contribution in [3.05, 3.63) is 46.5 Å². The Morgan fingerprint density at radius 1 is 1.26 bits per heavy atom. The van der Waals surface area contributed by atoms with Crippen molar-refractivity contribution in [2.24, 2.45) is 10.8 Å². The molecule has 1 aromatic carbocycles. The van der Waals surface area contributed by atoms with Crippen LogP contribution in [0.25, 0.3) is 0 Å². The van der Waals surface area contributed by atoms with E-state index in [0.717, 1.165) is 28.5 Å². The summed E-state index contributed by atoms with van der Waals surface area (Å²) in [5, 5.41) is 1.81. The fourth-order valence-electron chi connectivity index (χ4n) is 3.14. The van der Waals surface area contributed by atoms with Crippen molar-refractivity contribution in [2.45, 2.75) is 32.6 Å². The number of halogens is 2. The molecule has 0 saturated carbocycles. The van der Waals surface area contributed by atoms with Crippen LogP contribution in [0.3, 0.4) is 0 Å². The minimum atomic E-state index is -0.897. The number of amides is 1. The fourth-order valence-corrected chi connectivity index (χ4v) is 4.33. The Labute approximate surface area is 158 Å². The summed E-state index contributed by atoms with van der Waals surface area (Å²) in [5.41, 5.74) is 0.687. The third-order valence-corrected chi connectivity index (χ3v) is 5.55. The Hall–Kier alpha value is -2.36.